The van der Waals surface area contributed by atoms with E-state index in [0.29, 0.717) is 17.1 Å². The van der Waals surface area contributed by atoms with Gasteiger partial charge in [0.2, 0.25) is 0 Å². The number of hydrogen-bond acceptors (Lipinski definition) is 4. The van der Waals surface area contributed by atoms with E-state index < -0.39 is 11.9 Å². The molecule has 1 heterocycles. The van der Waals surface area contributed by atoms with Crippen molar-refractivity contribution in [3.63, 3.8) is 0 Å². The summed E-state index contributed by atoms with van der Waals surface area (Å²) in [4.78, 5) is 24.8. The molecule has 122 valence electrons. The highest BCUT2D eigenvalue weighted by atomic mass is 35.5. The van der Waals surface area contributed by atoms with Crippen molar-refractivity contribution in [3.8, 4) is 5.69 Å². The van der Waals surface area contributed by atoms with Crippen LogP contribution >= 0.6 is 11.6 Å². The molecule has 1 N–H and O–H groups in total. The molecule has 2 rings (SSSR count). The number of aliphatic carboxylic acids is 1. The SMILES string of the molecule is CCC(C)N(CC(=O)O)C(=O)c1cn(-c2ccccc2Cl)nn1. The molecule has 0 aliphatic heterocycles. The summed E-state index contributed by atoms with van der Waals surface area (Å²) in [6.07, 6.45) is 2.08. The lowest BCUT2D eigenvalue weighted by atomic mass is 10.2. The fourth-order valence-corrected chi connectivity index (χ4v) is 2.28. The zero-order chi connectivity index (χ0) is 17.0. The summed E-state index contributed by atoms with van der Waals surface area (Å²) in [6.45, 7) is 3.29. The van der Waals surface area contributed by atoms with Crippen molar-refractivity contribution in [1.82, 2.24) is 19.9 Å². The number of carboxylic acids is 1. The van der Waals surface area contributed by atoms with Gasteiger partial charge in [-0.1, -0.05) is 35.9 Å². The average Bonchev–Trinajstić information content (AvgIpc) is 3.01. The molecule has 0 aliphatic rings. The highest BCUT2D eigenvalue weighted by Gasteiger charge is 2.25. The lowest BCUT2D eigenvalue weighted by Gasteiger charge is -2.25. The van der Waals surface area contributed by atoms with Crippen molar-refractivity contribution >= 4 is 23.5 Å². The summed E-state index contributed by atoms with van der Waals surface area (Å²) < 4.78 is 1.39. The molecular formula is C15H17ClN4O3. The molecule has 0 bridgehead atoms. The summed E-state index contributed by atoms with van der Waals surface area (Å²) >= 11 is 6.09. The average molecular weight is 337 g/mol. The van der Waals surface area contributed by atoms with Crippen molar-refractivity contribution in [2.45, 2.75) is 26.3 Å². The second kappa shape index (κ2) is 7.23. The first-order chi connectivity index (χ1) is 10.9. The molecule has 8 heteroatoms. The first-order valence-electron chi connectivity index (χ1n) is 7.14. The van der Waals surface area contributed by atoms with Gasteiger partial charge in [0.05, 0.1) is 16.9 Å². The van der Waals surface area contributed by atoms with Crippen LogP contribution in [-0.2, 0) is 4.79 Å². The summed E-state index contributed by atoms with van der Waals surface area (Å²) in [7, 11) is 0. The van der Waals surface area contributed by atoms with E-state index in [4.69, 9.17) is 16.7 Å². The number of para-hydroxylation sites is 1. The van der Waals surface area contributed by atoms with Crippen molar-refractivity contribution in [2.24, 2.45) is 0 Å². The van der Waals surface area contributed by atoms with Crippen molar-refractivity contribution in [2.75, 3.05) is 6.54 Å². The van der Waals surface area contributed by atoms with Gasteiger partial charge in [0.15, 0.2) is 5.69 Å². The van der Waals surface area contributed by atoms with E-state index in [2.05, 4.69) is 10.3 Å². The number of aromatic nitrogens is 3. The molecule has 2 aromatic rings. The van der Waals surface area contributed by atoms with Gasteiger partial charge < -0.3 is 10.0 Å². The Morgan fingerprint density at radius 2 is 2.09 bits per heavy atom. The Morgan fingerprint density at radius 3 is 2.70 bits per heavy atom. The van der Waals surface area contributed by atoms with E-state index in [9.17, 15) is 9.59 Å². The molecule has 0 radical (unpaired) electrons. The number of carbonyl (C=O) groups excluding carboxylic acids is 1. The Kier molecular flexibility index (Phi) is 5.33. The lowest BCUT2D eigenvalue weighted by molar-refractivity contribution is -0.138. The molecule has 0 saturated carbocycles. The molecule has 1 atom stereocenters. The van der Waals surface area contributed by atoms with Crippen molar-refractivity contribution < 1.29 is 14.7 Å². The van der Waals surface area contributed by atoms with Crippen molar-refractivity contribution in [1.29, 1.82) is 0 Å². The Hall–Kier alpha value is -2.41. The number of carbonyl (C=O) groups is 2. The first kappa shape index (κ1) is 17.0. The summed E-state index contributed by atoms with van der Waals surface area (Å²) in [6, 6.07) is 6.81. The van der Waals surface area contributed by atoms with Gasteiger partial charge in [0.25, 0.3) is 5.91 Å². The summed E-state index contributed by atoms with van der Waals surface area (Å²) in [5.41, 5.74) is 0.667. The standard InChI is InChI=1S/C15H17ClN4O3/c1-3-10(2)19(9-14(21)22)15(23)12-8-20(18-17-12)13-7-5-4-6-11(13)16/h4-8,10H,3,9H2,1-2H3,(H,21,22). The van der Waals surface area contributed by atoms with Crippen molar-refractivity contribution in [3.05, 3.63) is 41.2 Å². The van der Waals surface area contributed by atoms with Crippen LogP contribution in [0.3, 0.4) is 0 Å². The molecule has 1 unspecified atom stereocenters. The van der Waals surface area contributed by atoms with Gasteiger partial charge in [0, 0.05) is 6.04 Å². The van der Waals surface area contributed by atoms with Gasteiger partial charge >= 0.3 is 5.97 Å². The summed E-state index contributed by atoms with van der Waals surface area (Å²) in [5, 5.41) is 17.2. The monoisotopic (exact) mass is 336 g/mol. The van der Waals surface area contributed by atoms with Crippen LogP contribution in [-0.4, -0.2) is 49.5 Å². The van der Waals surface area contributed by atoms with Crippen LogP contribution in [0.2, 0.25) is 5.02 Å². The van der Waals surface area contributed by atoms with Gasteiger partial charge in [-0.25, -0.2) is 4.68 Å². The normalized spacial score (nSPS) is 12.0. The molecule has 1 amide bonds. The van der Waals surface area contributed by atoms with Crippen LogP contribution in [0.25, 0.3) is 5.69 Å². The number of hydrogen-bond donors (Lipinski definition) is 1. The van der Waals surface area contributed by atoms with E-state index in [1.165, 1.54) is 15.8 Å². The van der Waals surface area contributed by atoms with Gasteiger partial charge in [0.1, 0.15) is 6.54 Å². The number of benzene rings is 1. The zero-order valence-electron chi connectivity index (χ0n) is 12.8. The van der Waals surface area contributed by atoms with E-state index in [0.717, 1.165) is 0 Å². The molecule has 1 aromatic carbocycles. The fraction of sp³-hybridized carbons (Fsp3) is 0.333. The third-order valence-corrected chi connectivity index (χ3v) is 3.82. The van der Waals surface area contributed by atoms with Crippen LogP contribution in [0, 0.1) is 0 Å². The first-order valence-corrected chi connectivity index (χ1v) is 7.51. The Labute approximate surface area is 138 Å². The lowest BCUT2D eigenvalue weighted by Crippen LogP contribution is -2.42. The van der Waals surface area contributed by atoms with Crippen LogP contribution in [0.5, 0.6) is 0 Å². The molecular weight excluding hydrogens is 320 g/mol. The highest BCUT2D eigenvalue weighted by Crippen LogP contribution is 2.19. The third-order valence-electron chi connectivity index (χ3n) is 3.50. The molecule has 0 aliphatic carbocycles. The molecule has 0 spiro atoms. The Morgan fingerprint density at radius 1 is 1.39 bits per heavy atom. The van der Waals surface area contributed by atoms with Crippen LogP contribution < -0.4 is 0 Å². The van der Waals surface area contributed by atoms with E-state index >= 15 is 0 Å². The van der Waals surface area contributed by atoms with Gasteiger partial charge in [-0.15, -0.1) is 5.10 Å². The number of halogens is 1. The molecule has 7 nitrogen and oxygen atoms in total. The number of rotatable bonds is 6. The minimum Gasteiger partial charge on any atom is -0.480 e. The zero-order valence-corrected chi connectivity index (χ0v) is 13.6. The predicted octanol–water partition coefficient (Wildman–Crippen LogP) is 2.25. The predicted molar refractivity (Wildman–Crippen MR) is 84.8 cm³/mol. The molecule has 23 heavy (non-hydrogen) atoms. The molecule has 0 fully saturated rings. The maximum Gasteiger partial charge on any atom is 0.323 e. The minimum absolute atomic E-state index is 0.0754. The summed E-state index contributed by atoms with van der Waals surface area (Å²) in [5.74, 6) is -1.54. The van der Waals surface area contributed by atoms with Gasteiger partial charge in [-0.05, 0) is 25.5 Å². The van der Waals surface area contributed by atoms with E-state index in [-0.39, 0.29) is 18.3 Å². The largest absolute Gasteiger partial charge is 0.480 e. The van der Waals surface area contributed by atoms with E-state index in [1.807, 2.05) is 6.92 Å². The smallest absolute Gasteiger partial charge is 0.323 e. The van der Waals surface area contributed by atoms with Gasteiger partial charge in [-0.2, -0.15) is 0 Å². The maximum absolute atomic E-state index is 12.5. The molecule has 1 aromatic heterocycles. The topological polar surface area (TPSA) is 88.3 Å². The van der Waals surface area contributed by atoms with Crippen LogP contribution in [0.4, 0.5) is 0 Å². The third kappa shape index (κ3) is 3.87. The van der Waals surface area contributed by atoms with Crippen LogP contribution in [0.15, 0.2) is 30.5 Å². The second-order valence-corrected chi connectivity index (χ2v) is 5.49. The van der Waals surface area contributed by atoms with Crippen LogP contribution in [0.1, 0.15) is 30.8 Å². The quantitative estimate of drug-likeness (QED) is 0.874. The second-order valence-electron chi connectivity index (χ2n) is 5.08. The molecule has 0 saturated heterocycles. The van der Waals surface area contributed by atoms with Gasteiger partial charge in [-0.3, -0.25) is 9.59 Å². The minimum atomic E-state index is -1.07. The fourth-order valence-electron chi connectivity index (χ4n) is 2.06. The highest BCUT2D eigenvalue weighted by molar-refractivity contribution is 6.32. The van der Waals surface area contributed by atoms with E-state index in [1.54, 1.807) is 31.2 Å². The number of nitrogens with zero attached hydrogens (tertiary/aromatic N) is 4. The Bertz CT molecular complexity index is 716. The number of carboxylic acid groups (broad SMARTS) is 1. The number of amides is 1. The maximum atomic E-state index is 12.5. The Balaban J connectivity index is 2.29.